The third-order valence-corrected chi connectivity index (χ3v) is 6.38. The van der Waals surface area contributed by atoms with E-state index in [1.54, 1.807) is 6.07 Å². The first-order chi connectivity index (χ1) is 18.0. The minimum atomic E-state index is -0.297. The van der Waals surface area contributed by atoms with E-state index in [1.165, 1.54) is 12.3 Å². The van der Waals surface area contributed by atoms with E-state index in [1.807, 2.05) is 42.5 Å². The summed E-state index contributed by atoms with van der Waals surface area (Å²) in [6.45, 7) is 11.2. The molecule has 9 heteroatoms. The fourth-order valence-electron chi connectivity index (χ4n) is 4.18. The molecule has 1 fully saturated rings. The second kappa shape index (κ2) is 11.9. The van der Waals surface area contributed by atoms with Crippen LogP contribution in [0.1, 0.15) is 18.1 Å². The summed E-state index contributed by atoms with van der Waals surface area (Å²) in [5, 5.41) is 19.1. The number of hydrogen-bond donors (Lipinski definition) is 4. The number of anilines is 6. The van der Waals surface area contributed by atoms with Crippen molar-refractivity contribution in [1.29, 1.82) is 5.26 Å². The van der Waals surface area contributed by atoms with Gasteiger partial charge in [0.15, 0.2) is 0 Å². The van der Waals surface area contributed by atoms with Crippen LogP contribution in [0.25, 0.3) is 0 Å². The molecule has 1 amide bonds. The number of pyridine rings is 1. The second-order valence-electron chi connectivity index (χ2n) is 8.79. The van der Waals surface area contributed by atoms with Crippen molar-refractivity contribution in [3.8, 4) is 6.07 Å². The molecule has 1 saturated heterocycles. The molecular formula is C28H32N8O. The number of piperazine rings is 1. The Balaban J connectivity index is 1.55. The van der Waals surface area contributed by atoms with E-state index in [4.69, 9.17) is 5.73 Å². The van der Waals surface area contributed by atoms with Crippen LogP contribution >= 0.6 is 0 Å². The monoisotopic (exact) mass is 496 g/mol. The SMILES string of the molecule is C=CC(=O)Nc1cc(N2CCN(CC)CC2)ccc1Nc1cc(NCc2ccc(N)cc2)c(C#N)cn1. The van der Waals surface area contributed by atoms with Gasteiger partial charge < -0.3 is 31.5 Å². The topological polar surface area (TPSA) is 122 Å². The molecule has 4 rings (SSSR count). The van der Waals surface area contributed by atoms with Gasteiger partial charge in [-0.3, -0.25) is 4.79 Å². The van der Waals surface area contributed by atoms with Crippen LogP contribution in [0.15, 0.2) is 67.4 Å². The highest BCUT2D eigenvalue weighted by molar-refractivity contribution is 6.02. The summed E-state index contributed by atoms with van der Waals surface area (Å²) in [6.07, 6.45) is 2.77. The minimum absolute atomic E-state index is 0.297. The van der Waals surface area contributed by atoms with Gasteiger partial charge >= 0.3 is 0 Å². The summed E-state index contributed by atoms with van der Waals surface area (Å²) >= 11 is 0. The molecule has 1 aromatic heterocycles. The number of nitrogens with two attached hydrogens (primary N) is 1. The number of benzene rings is 2. The Kier molecular flexibility index (Phi) is 8.23. The van der Waals surface area contributed by atoms with Crippen molar-refractivity contribution in [2.45, 2.75) is 13.5 Å². The lowest BCUT2D eigenvalue weighted by atomic mass is 10.1. The van der Waals surface area contributed by atoms with Gasteiger partial charge in [-0.25, -0.2) is 4.98 Å². The number of amides is 1. The van der Waals surface area contributed by atoms with Crippen LogP contribution in [0.5, 0.6) is 0 Å². The average molecular weight is 497 g/mol. The number of carbonyl (C=O) groups is 1. The van der Waals surface area contributed by atoms with E-state index in [2.05, 4.69) is 50.3 Å². The molecule has 0 spiro atoms. The molecule has 0 bridgehead atoms. The van der Waals surface area contributed by atoms with Crippen molar-refractivity contribution in [3.05, 3.63) is 78.5 Å². The summed E-state index contributed by atoms with van der Waals surface area (Å²) in [5.41, 5.74) is 10.9. The number of aromatic nitrogens is 1. The van der Waals surface area contributed by atoms with Crippen molar-refractivity contribution in [2.75, 3.05) is 59.3 Å². The molecule has 9 nitrogen and oxygen atoms in total. The van der Waals surface area contributed by atoms with Crippen molar-refractivity contribution < 1.29 is 4.79 Å². The van der Waals surface area contributed by atoms with Crippen molar-refractivity contribution in [3.63, 3.8) is 0 Å². The van der Waals surface area contributed by atoms with Gasteiger partial charge in [0.25, 0.3) is 0 Å². The van der Waals surface area contributed by atoms with Crippen molar-refractivity contribution >= 4 is 40.2 Å². The van der Waals surface area contributed by atoms with E-state index < -0.39 is 0 Å². The fraction of sp³-hybridized carbons (Fsp3) is 0.250. The Bertz CT molecular complexity index is 1290. The van der Waals surface area contributed by atoms with Crippen LogP contribution in [0.2, 0.25) is 0 Å². The molecule has 1 aliphatic rings. The maximum atomic E-state index is 12.2. The lowest BCUT2D eigenvalue weighted by Crippen LogP contribution is -2.46. The molecule has 0 atom stereocenters. The zero-order valence-electron chi connectivity index (χ0n) is 21.0. The highest BCUT2D eigenvalue weighted by Crippen LogP contribution is 2.31. The molecule has 0 aliphatic carbocycles. The van der Waals surface area contributed by atoms with Crippen LogP contribution < -0.4 is 26.6 Å². The first-order valence-corrected chi connectivity index (χ1v) is 12.3. The van der Waals surface area contributed by atoms with Crippen LogP contribution in [-0.4, -0.2) is 48.5 Å². The van der Waals surface area contributed by atoms with Gasteiger partial charge in [0, 0.05) is 56.4 Å². The third-order valence-electron chi connectivity index (χ3n) is 6.38. The maximum Gasteiger partial charge on any atom is 0.247 e. The number of rotatable bonds is 9. The average Bonchev–Trinajstić information content (AvgIpc) is 2.93. The van der Waals surface area contributed by atoms with Gasteiger partial charge in [0.1, 0.15) is 11.9 Å². The second-order valence-corrected chi connectivity index (χ2v) is 8.79. The maximum absolute atomic E-state index is 12.2. The number of nitrogens with zero attached hydrogens (tertiary/aromatic N) is 4. The highest BCUT2D eigenvalue weighted by atomic mass is 16.1. The number of nitriles is 1. The van der Waals surface area contributed by atoms with Crippen molar-refractivity contribution in [1.82, 2.24) is 9.88 Å². The summed E-state index contributed by atoms with van der Waals surface area (Å²) in [5.74, 6) is 0.242. The Morgan fingerprint density at radius 1 is 1.11 bits per heavy atom. The van der Waals surface area contributed by atoms with E-state index >= 15 is 0 Å². The number of likely N-dealkylation sites (N-methyl/N-ethyl adjacent to an activating group) is 1. The Morgan fingerprint density at radius 2 is 1.86 bits per heavy atom. The first kappa shape index (κ1) is 25.5. The molecule has 2 heterocycles. The largest absolute Gasteiger partial charge is 0.399 e. The zero-order chi connectivity index (χ0) is 26.2. The molecule has 190 valence electrons. The molecule has 3 aromatic rings. The predicted molar refractivity (Wildman–Crippen MR) is 150 cm³/mol. The van der Waals surface area contributed by atoms with Crippen molar-refractivity contribution in [2.24, 2.45) is 0 Å². The van der Waals surface area contributed by atoms with Gasteiger partial charge in [-0.05, 0) is 48.5 Å². The van der Waals surface area contributed by atoms with Gasteiger partial charge in [-0.1, -0.05) is 25.6 Å². The van der Waals surface area contributed by atoms with Crippen LogP contribution in [-0.2, 0) is 11.3 Å². The van der Waals surface area contributed by atoms with Gasteiger partial charge in [0.2, 0.25) is 5.91 Å². The van der Waals surface area contributed by atoms with Crippen LogP contribution in [0, 0.1) is 11.3 Å². The highest BCUT2D eigenvalue weighted by Gasteiger charge is 2.18. The Morgan fingerprint density at radius 3 is 2.54 bits per heavy atom. The predicted octanol–water partition coefficient (Wildman–Crippen LogP) is 4.16. The number of nitrogen functional groups attached to an aromatic ring is 1. The Hall–Kier alpha value is -4.55. The van der Waals surface area contributed by atoms with Crippen LogP contribution in [0.4, 0.5) is 34.3 Å². The molecule has 1 aliphatic heterocycles. The van der Waals surface area contributed by atoms with E-state index in [-0.39, 0.29) is 5.91 Å². The van der Waals surface area contributed by atoms with Gasteiger partial charge in [0.05, 0.1) is 22.6 Å². The molecule has 0 unspecified atom stereocenters. The molecule has 37 heavy (non-hydrogen) atoms. The Labute approximate surface area is 217 Å². The van der Waals surface area contributed by atoms with E-state index in [0.717, 1.165) is 44.0 Å². The standard InChI is InChI=1S/C28H32N8O/c1-3-28(37)34-26-15-23(36-13-11-35(4-2)12-14-36)9-10-24(26)33-27-16-25(21(17-29)19-32-27)31-18-20-5-7-22(30)8-6-20/h3,5-10,15-16,19H,1,4,11-14,18,30H2,2H3,(H,34,37)(H2,31,32,33). The van der Waals surface area contributed by atoms with E-state index in [9.17, 15) is 10.1 Å². The zero-order valence-corrected chi connectivity index (χ0v) is 21.0. The number of nitrogens with one attached hydrogen (secondary N) is 3. The molecule has 5 N–H and O–H groups in total. The van der Waals surface area contributed by atoms with Gasteiger partial charge in [-0.15, -0.1) is 0 Å². The molecule has 0 radical (unpaired) electrons. The lowest BCUT2D eigenvalue weighted by Gasteiger charge is -2.35. The third kappa shape index (κ3) is 6.57. The molecule has 0 saturated carbocycles. The van der Waals surface area contributed by atoms with E-state index in [0.29, 0.717) is 40.7 Å². The fourth-order valence-corrected chi connectivity index (χ4v) is 4.18. The summed E-state index contributed by atoms with van der Waals surface area (Å²) in [7, 11) is 0. The van der Waals surface area contributed by atoms with Crippen LogP contribution in [0.3, 0.4) is 0 Å². The molecule has 2 aromatic carbocycles. The minimum Gasteiger partial charge on any atom is -0.399 e. The first-order valence-electron chi connectivity index (χ1n) is 12.3. The normalized spacial score (nSPS) is 13.5. The smallest absolute Gasteiger partial charge is 0.247 e. The number of hydrogen-bond acceptors (Lipinski definition) is 8. The summed E-state index contributed by atoms with van der Waals surface area (Å²) in [6, 6.07) is 17.5. The summed E-state index contributed by atoms with van der Waals surface area (Å²) in [4.78, 5) is 21.3. The lowest BCUT2D eigenvalue weighted by molar-refractivity contribution is -0.111. The molecular weight excluding hydrogens is 464 g/mol. The summed E-state index contributed by atoms with van der Waals surface area (Å²) < 4.78 is 0. The van der Waals surface area contributed by atoms with Gasteiger partial charge in [-0.2, -0.15) is 5.26 Å². The number of carbonyl (C=O) groups excluding carboxylic acids is 1. The quantitative estimate of drug-likeness (QED) is 0.257.